The van der Waals surface area contributed by atoms with E-state index in [0.29, 0.717) is 11.8 Å². The largest absolute Gasteiger partial charge is 0.456 e. The maximum absolute atomic E-state index is 6.37. The van der Waals surface area contributed by atoms with E-state index in [-0.39, 0.29) is 0 Å². The molecule has 0 saturated heterocycles. The third-order valence-corrected chi connectivity index (χ3v) is 9.99. The Morgan fingerprint density at radius 3 is 1.33 bits per heavy atom. The molecule has 0 unspecified atom stereocenters. The molecule has 2 fully saturated rings. The Balaban J connectivity index is 1.11. The van der Waals surface area contributed by atoms with Crippen molar-refractivity contribution in [2.45, 2.75) is 90.9 Å². The quantitative estimate of drug-likeness (QED) is 0.207. The molecule has 2 aliphatic carbocycles. The molecular weight excluding hydrogens is 512 g/mol. The summed E-state index contributed by atoms with van der Waals surface area (Å²) >= 11 is 0. The molecule has 0 amide bonds. The predicted octanol–water partition coefficient (Wildman–Crippen LogP) is 11.4. The number of fused-ring (bicyclic) bond motifs is 6. The molecule has 2 nitrogen and oxygen atoms in total. The Hall–Kier alpha value is -3.62. The van der Waals surface area contributed by atoms with Crippen LogP contribution in [-0.2, 0) is 0 Å². The molecule has 0 aliphatic heterocycles. The smallest absolute Gasteiger partial charge is 0.136 e. The minimum Gasteiger partial charge on any atom is -0.456 e. The lowest BCUT2D eigenvalue weighted by Crippen LogP contribution is -2.13. The van der Waals surface area contributed by atoms with Gasteiger partial charge in [-0.05, 0) is 112 Å². The zero-order valence-electron chi connectivity index (χ0n) is 25.2. The van der Waals surface area contributed by atoms with Crippen molar-refractivity contribution in [1.82, 2.24) is 0 Å². The van der Waals surface area contributed by atoms with Crippen molar-refractivity contribution in [2.24, 2.45) is 23.7 Å². The molecule has 0 bridgehead atoms. The lowest BCUT2D eigenvalue weighted by Gasteiger charge is -2.25. The molecule has 0 atom stereocenters. The first kappa shape index (κ1) is 27.2. The third kappa shape index (κ3) is 5.57. The van der Waals surface area contributed by atoms with Crippen molar-refractivity contribution >= 4 is 43.9 Å². The van der Waals surface area contributed by atoms with Crippen LogP contribution < -0.4 is 0 Å². The highest BCUT2D eigenvalue weighted by atomic mass is 16.3. The molecule has 214 valence electrons. The standard InChI is InChI=1S/C40H42O2/c1-3-5-27-7-11-29(12-8-27)15-17-31-19-21-33-35-25-40-36(26-39(35)41-37(33)23-31)34-22-20-32(24-38(34)42-40)18-16-30-13-9-28(6-4-2)10-14-30/h19-30H,3-14H2,1-2H3. The molecule has 5 aromatic rings. The molecule has 7 rings (SSSR count). The minimum atomic E-state index is 0.529. The minimum absolute atomic E-state index is 0.529. The fourth-order valence-corrected chi connectivity index (χ4v) is 7.58. The lowest BCUT2D eigenvalue weighted by atomic mass is 9.80. The van der Waals surface area contributed by atoms with Gasteiger partial charge in [-0.2, -0.15) is 0 Å². The summed E-state index contributed by atoms with van der Waals surface area (Å²) in [6, 6.07) is 17.1. The monoisotopic (exact) mass is 554 g/mol. The van der Waals surface area contributed by atoms with Gasteiger partial charge in [-0.3, -0.25) is 0 Å². The van der Waals surface area contributed by atoms with Crippen molar-refractivity contribution in [3.05, 3.63) is 59.7 Å². The molecule has 2 aromatic heterocycles. The lowest BCUT2D eigenvalue weighted by molar-refractivity contribution is 0.300. The van der Waals surface area contributed by atoms with E-state index in [4.69, 9.17) is 8.83 Å². The van der Waals surface area contributed by atoms with Crippen LogP contribution in [0.5, 0.6) is 0 Å². The van der Waals surface area contributed by atoms with Crippen LogP contribution in [0, 0.1) is 47.4 Å². The van der Waals surface area contributed by atoms with Crippen LogP contribution in [0.15, 0.2) is 57.4 Å². The zero-order valence-corrected chi connectivity index (χ0v) is 25.2. The first-order valence-corrected chi connectivity index (χ1v) is 16.5. The van der Waals surface area contributed by atoms with E-state index in [1.165, 1.54) is 77.0 Å². The van der Waals surface area contributed by atoms with Crippen molar-refractivity contribution < 1.29 is 8.83 Å². The van der Waals surface area contributed by atoms with Gasteiger partial charge in [0, 0.05) is 44.5 Å². The molecule has 2 saturated carbocycles. The molecule has 2 aliphatic rings. The Kier molecular flexibility index (Phi) is 7.74. The number of rotatable bonds is 4. The van der Waals surface area contributed by atoms with Crippen molar-refractivity contribution in [3.63, 3.8) is 0 Å². The topological polar surface area (TPSA) is 26.3 Å². The highest BCUT2D eigenvalue weighted by Gasteiger charge is 2.20. The number of hydrogen-bond acceptors (Lipinski definition) is 2. The van der Waals surface area contributed by atoms with Gasteiger partial charge in [-0.1, -0.05) is 63.2 Å². The molecule has 42 heavy (non-hydrogen) atoms. The number of hydrogen-bond donors (Lipinski definition) is 0. The van der Waals surface area contributed by atoms with E-state index in [9.17, 15) is 0 Å². The van der Waals surface area contributed by atoms with E-state index < -0.39 is 0 Å². The van der Waals surface area contributed by atoms with Crippen molar-refractivity contribution in [2.75, 3.05) is 0 Å². The summed E-state index contributed by atoms with van der Waals surface area (Å²) in [6.07, 6.45) is 15.7. The Bertz CT molecular complexity index is 1710. The van der Waals surface area contributed by atoms with Crippen molar-refractivity contribution in [3.8, 4) is 23.7 Å². The van der Waals surface area contributed by atoms with Crippen LogP contribution in [0.4, 0.5) is 0 Å². The molecule has 2 heterocycles. The summed E-state index contributed by atoms with van der Waals surface area (Å²) in [4.78, 5) is 0. The van der Waals surface area contributed by atoms with Crippen LogP contribution >= 0.6 is 0 Å². The fraction of sp³-hybridized carbons (Fsp3) is 0.450. The van der Waals surface area contributed by atoms with Crippen LogP contribution in [0.3, 0.4) is 0 Å². The Labute approximate surface area is 250 Å². The van der Waals surface area contributed by atoms with E-state index in [1.807, 2.05) is 0 Å². The second-order valence-electron chi connectivity index (χ2n) is 13.0. The van der Waals surface area contributed by atoms with Crippen LogP contribution in [0.2, 0.25) is 0 Å². The first-order valence-electron chi connectivity index (χ1n) is 16.5. The number of benzene rings is 3. The zero-order chi connectivity index (χ0) is 28.5. The van der Waals surface area contributed by atoms with Crippen LogP contribution in [-0.4, -0.2) is 0 Å². The molecule has 3 aromatic carbocycles. The van der Waals surface area contributed by atoms with E-state index >= 15 is 0 Å². The average molecular weight is 555 g/mol. The molecule has 2 heteroatoms. The second kappa shape index (κ2) is 11.9. The highest BCUT2D eigenvalue weighted by molar-refractivity contribution is 6.14. The summed E-state index contributed by atoms with van der Waals surface area (Å²) in [5, 5.41) is 4.39. The molecule has 0 radical (unpaired) electrons. The van der Waals surface area contributed by atoms with Gasteiger partial charge in [-0.15, -0.1) is 0 Å². The van der Waals surface area contributed by atoms with Gasteiger partial charge in [-0.25, -0.2) is 0 Å². The SMILES string of the molecule is CCCC1CCC(C#Cc2ccc3c(c2)oc2cc4c(cc23)oc2cc(C#CC3CCC(CCC)CC3)ccc24)CC1. The summed E-state index contributed by atoms with van der Waals surface area (Å²) < 4.78 is 12.7. The van der Waals surface area contributed by atoms with Gasteiger partial charge in [0.2, 0.25) is 0 Å². The molecule has 0 spiro atoms. The summed E-state index contributed by atoms with van der Waals surface area (Å²) in [6.45, 7) is 4.59. The van der Waals surface area contributed by atoms with Crippen molar-refractivity contribution in [1.29, 1.82) is 0 Å². The normalized spacial score (nSPS) is 22.7. The summed E-state index contributed by atoms with van der Waals surface area (Å²) in [7, 11) is 0. The average Bonchev–Trinajstić information content (AvgIpc) is 3.55. The first-order chi connectivity index (χ1) is 20.7. The maximum Gasteiger partial charge on any atom is 0.136 e. The van der Waals surface area contributed by atoms with Crippen LogP contribution in [0.25, 0.3) is 43.9 Å². The molecular formula is C40H42O2. The summed E-state index contributed by atoms with van der Waals surface area (Å²) in [5.74, 6) is 16.9. The summed E-state index contributed by atoms with van der Waals surface area (Å²) in [5.41, 5.74) is 5.63. The maximum atomic E-state index is 6.37. The number of furan rings is 2. The van der Waals surface area contributed by atoms with Gasteiger partial charge in [0.05, 0.1) is 0 Å². The van der Waals surface area contributed by atoms with E-state index in [1.54, 1.807) is 0 Å². The van der Waals surface area contributed by atoms with Crippen LogP contribution in [0.1, 0.15) is 102 Å². The van der Waals surface area contributed by atoms with Gasteiger partial charge in [0.1, 0.15) is 22.3 Å². The van der Waals surface area contributed by atoms with Gasteiger partial charge in [0.15, 0.2) is 0 Å². The van der Waals surface area contributed by atoms with Gasteiger partial charge < -0.3 is 8.83 Å². The second-order valence-corrected chi connectivity index (χ2v) is 13.0. The Morgan fingerprint density at radius 2 is 0.929 bits per heavy atom. The molecule has 0 N–H and O–H groups in total. The fourth-order valence-electron chi connectivity index (χ4n) is 7.58. The van der Waals surface area contributed by atoms with Gasteiger partial charge in [0.25, 0.3) is 0 Å². The van der Waals surface area contributed by atoms with E-state index in [0.717, 1.165) is 66.8 Å². The predicted molar refractivity (Wildman–Crippen MR) is 175 cm³/mol. The Morgan fingerprint density at radius 1 is 0.524 bits per heavy atom. The van der Waals surface area contributed by atoms with E-state index in [2.05, 4.69) is 86.1 Å². The van der Waals surface area contributed by atoms with Gasteiger partial charge >= 0.3 is 0 Å². The highest BCUT2D eigenvalue weighted by Crippen LogP contribution is 2.37. The third-order valence-electron chi connectivity index (χ3n) is 9.99.